The topological polar surface area (TPSA) is 60.2 Å². The van der Waals surface area contributed by atoms with Crippen LogP contribution >= 0.6 is 0 Å². The Morgan fingerprint density at radius 2 is 2.24 bits per heavy atom. The summed E-state index contributed by atoms with van der Waals surface area (Å²) < 4.78 is 5.20. The van der Waals surface area contributed by atoms with E-state index < -0.39 is 0 Å². The summed E-state index contributed by atoms with van der Waals surface area (Å²) >= 11 is 0. The van der Waals surface area contributed by atoms with E-state index in [1.807, 2.05) is 31.2 Å². The normalized spacial score (nSPS) is 12.6. The molecule has 3 N–H and O–H groups in total. The van der Waals surface area contributed by atoms with Crippen molar-refractivity contribution in [2.45, 2.75) is 13.0 Å². The minimum Gasteiger partial charge on any atom is -0.397 e. The minimum absolute atomic E-state index is 0.166. The van der Waals surface area contributed by atoms with Gasteiger partial charge in [-0.05, 0) is 19.1 Å². The Balaban J connectivity index is 2.31. The lowest BCUT2D eigenvalue weighted by atomic mass is 10.1. The number of anilines is 2. The van der Waals surface area contributed by atoms with Crippen molar-refractivity contribution in [1.82, 2.24) is 4.98 Å². The van der Waals surface area contributed by atoms with Gasteiger partial charge in [0.2, 0.25) is 0 Å². The van der Waals surface area contributed by atoms with Gasteiger partial charge in [-0.15, -0.1) is 0 Å². The van der Waals surface area contributed by atoms with Crippen LogP contribution in [-0.2, 0) is 4.74 Å². The largest absolute Gasteiger partial charge is 0.397 e. The predicted octanol–water partition coefficient (Wildman–Crippen LogP) is 2.26. The Kier molecular flexibility index (Phi) is 3.44. The van der Waals surface area contributed by atoms with E-state index in [9.17, 15) is 0 Å². The molecule has 4 nitrogen and oxygen atoms in total. The van der Waals surface area contributed by atoms with Crippen LogP contribution in [0.3, 0.4) is 0 Å². The summed E-state index contributed by atoms with van der Waals surface area (Å²) in [5, 5.41) is 4.38. The van der Waals surface area contributed by atoms with E-state index in [-0.39, 0.29) is 6.10 Å². The van der Waals surface area contributed by atoms with Gasteiger partial charge in [-0.1, -0.05) is 12.1 Å². The fraction of sp³-hybridized carbons (Fsp3) is 0.308. The second-order valence-corrected chi connectivity index (χ2v) is 4.03. The summed E-state index contributed by atoms with van der Waals surface area (Å²) in [5.41, 5.74) is 8.46. The molecule has 17 heavy (non-hydrogen) atoms. The number of pyridine rings is 1. The van der Waals surface area contributed by atoms with Gasteiger partial charge in [0.05, 0.1) is 17.3 Å². The van der Waals surface area contributed by atoms with Crippen molar-refractivity contribution in [2.24, 2.45) is 0 Å². The van der Waals surface area contributed by atoms with Gasteiger partial charge in [-0.2, -0.15) is 0 Å². The van der Waals surface area contributed by atoms with E-state index in [1.165, 1.54) is 0 Å². The van der Waals surface area contributed by atoms with Crippen LogP contribution < -0.4 is 11.1 Å². The van der Waals surface area contributed by atoms with Crippen LogP contribution in [0.2, 0.25) is 0 Å². The molecule has 0 amide bonds. The van der Waals surface area contributed by atoms with Crippen LogP contribution in [0.15, 0.2) is 30.5 Å². The number of fused-ring (bicyclic) bond motifs is 1. The summed E-state index contributed by atoms with van der Waals surface area (Å²) in [7, 11) is 1.70. The first kappa shape index (κ1) is 11.7. The molecule has 4 heteroatoms. The van der Waals surface area contributed by atoms with Crippen molar-refractivity contribution in [3.05, 3.63) is 30.5 Å². The summed E-state index contributed by atoms with van der Waals surface area (Å²) in [6, 6.07) is 7.75. The molecule has 0 spiro atoms. The number of nitrogens with zero attached hydrogens (tertiary/aromatic N) is 1. The minimum atomic E-state index is 0.166. The molecule has 0 aliphatic carbocycles. The van der Waals surface area contributed by atoms with Crippen molar-refractivity contribution in [1.29, 1.82) is 0 Å². The third-order valence-electron chi connectivity index (χ3n) is 2.78. The summed E-state index contributed by atoms with van der Waals surface area (Å²) in [6.45, 7) is 2.77. The van der Waals surface area contributed by atoms with Crippen molar-refractivity contribution >= 4 is 22.3 Å². The maximum Gasteiger partial charge on any atom is 0.0951 e. The lowest BCUT2D eigenvalue weighted by molar-refractivity contribution is 0.129. The number of nitrogens with two attached hydrogens (primary N) is 1. The zero-order valence-electron chi connectivity index (χ0n) is 10.1. The molecule has 0 fully saturated rings. The Hall–Kier alpha value is -1.81. The van der Waals surface area contributed by atoms with Crippen molar-refractivity contribution in [2.75, 3.05) is 24.7 Å². The molecule has 0 aliphatic rings. The molecular weight excluding hydrogens is 214 g/mol. The fourth-order valence-corrected chi connectivity index (χ4v) is 1.69. The summed E-state index contributed by atoms with van der Waals surface area (Å²) in [5.74, 6) is 0. The van der Waals surface area contributed by atoms with Gasteiger partial charge < -0.3 is 15.8 Å². The first-order valence-electron chi connectivity index (χ1n) is 5.62. The van der Waals surface area contributed by atoms with Crippen LogP contribution in [0.25, 0.3) is 10.9 Å². The summed E-state index contributed by atoms with van der Waals surface area (Å²) in [6.07, 6.45) is 1.93. The van der Waals surface area contributed by atoms with Crippen LogP contribution in [0.5, 0.6) is 0 Å². The van der Waals surface area contributed by atoms with Crippen LogP contribution in [0.1, 0.15) is 6.92 Å². The molecule has 0 bridgehead atoms. The zero-order chi connectivity index (χ0) is 12.3. The monoisotopic (exact) mass is 231 g/mol. The number of methoxy groups -OCH3 is 1. The highest BCUT2D eigenvalue weighted by Crippen LogP contribution is 2.25. The van der Waals surface area contributed by atoms with E-state index >= 15 is 0 Å². The average molecular weight is 231 g/mol. The molecule has 0 saturated carbocycles. The summed E-state index contributed by atoms with van der Waals surface area (Å²) in [4.78, 5) is 4.29. The lowest BCUT2D eigenvalue weighted by Crippen LogP contribution is -2.18. The molecule has 0 radical (unpaired) electrons. The number of rotatable bonds is 4. The Morgan fingerprint density at radius 3 is 3.00 bits per heavy atom. The number of nitrogens with one attached hydrogen (secondary N) is 1. The van der Waals surface area contributed by atoms with Crippen molar-refractivity contribution in [3.63, 3.8) is 0 Å². The first-order chi connectivity index (χ1) is 8.22. The maximum atomic E-state index is 5.89. The van der Waals surface area contributed by atoms with Crippen LogP contribution in [0, 0.1) is 0 Å². The molecule has 1 aromatic heterocycles. The fourth-order valence-electron chi connectivity index (χ4n) is 1.69. The molecule has 2 rings (SSSR count). The third-order valence-corrected chi connectivity index (χ3v) is 2.78. The average Bonchev–Trinajstić information content (AvgIpc) is 2.36. The van der Waals surface area contributed by atoms with E-state index in [0.29, 0.717) is 5.69 Å². The number of nitrogen functional groups attached to an aromatic ring is 1. The van der Waals surface area contributed by atoms with Crippen LogP contribution in [-0.4, -0.2) is 24.7 Å². The number of aromatic nitrogens is 1. The lowest BCUT2D eigenvalue weighted by Gasteiger charge is -2.13. The van der Waals surface area contributed by atoms with E-state index in [2.05, 4.69) is 10.3 Å². The number of hydrogen-bond acceptors (Lipinski definition) is 4. The zero-order valence-corrected chi connectivity index (χ0v) is 10.1. The first-order valence-corrected chi connectivity index (χ1v) is 5.62. The smallest absolute Gasteiger partial charge is 0.0951 e. The number of para-hydroxylation sites is 1. The number of benzene rings is 1. The second-order valence-electron chi connectivity index (χ2n) is 4.03. The van der Waals surface area contributed by atoms with Crippen molar-refractivity contribution in [3.8, 4) is 0 Å². The number of ether oxygens (including phenoxy) is 1. The highest BCUT2D eigenvalue weighted by Gasteiger charge is 2.05. The molecular formula is C13H17N3O. The molecule has 1 heterocycles. The highest BCUT2D eigenvalue weighted by atomic mass is 16.5. The van der Waals surface area contributed by atoms with Gasteiger partial charge in [0, 0.05) is 30.9 Å². The molecule has 0 aliphatic heterocycles. The van der Waals surface area contributed by atoms with Gasteiger partial charge in [0.25, 0.3) is 0 Å². The third kappa shape index (κ3) is 2.47. The standard InChI is InChI=1S/C13H17N3O/c1-9(17-2)8-16-12-6-7-15-13-10(12)4-3-5-11(13)14/h3-7,9H,8,14H2,1-2H3,(H,15,16). The highest BCUT2D eigenvalue weighted by molar-refractivity contribution is 5.97. The van der Waals surface area contributed by atoms with Gasteiger partial charge in [-0.25, -0.2) is 0 Å². The molecule has 2 aromatic rings. The SMILES string of the molecule is COC(C)CNc1ccnc2c(N)cccc12. The molecule has 1 atom stereocenters. The van der Waals surface area contributed by atoms with E-state index in [1.54, 1.807) is 13.3 Å². The predicted molar refractivity (Wildman–Crippen MR) is 71.1 cm³/mol. The van der Waals surface area contributed by atoms with Crippen LogP contribution in [0.4, 0.5) is 11.4 Å². The molecule has 1 unspecified atom stereocenters. The van der Waals surface area contributed by atoms with Gasteiger partial charge in [-0.3, -0.25) is 4.98 Å². The Labute approximate surface area is 101 Å². The Bertz CT molecular complexity index is 513. The quantitative estimate of drug-likeness (QED) is 0.792. The molecule has 0 saturated heterocycles. The van der Waals surface area contributed by atoms with Gasteiger partial charge >= 0.3 is 0 Å². The second kappa shape index (κ2) is 5.01. The van der Waals surface area contributed by atoms with Gasteiger partial charge in [0.15, 0.2) is 0 Å². The van der Waals surface area contributed by atoms with Crippen molar-refractivity contribution < 1.29 is 4.74 Å². The molecule has 1 aromatic carbocycles. The molecule has 90 valence electrons. The number of hydrogen-bond donors (Lipinski definition) is 2. The van der Waals surface area contributed by atoms with E-state index in [0.717, 1.165) is 23.1 Å². The van der Waals surface area contributed by atoms with E-state index in [4.69, 9.17) is 10.5 Å². The van der Waals surface area contributed by atoms with Gasteiger partial charge in [0.1, 0.15) is 0 Å². The maximum absolute atomic E-state index is 5.89. The Morgan fingerprint density at radius 1 is 1.41 bits per heavy atom.